The van der Waals surface area contributed by atoms with Crippen LogP contribution in [0.25, 0.3) is 0 Å². The zero-order valence-corrected chi connectivity index (χ0v) is 12.1. The number of nitrogens with two attached hydrogens (primary N) is 1. The van der Waals surface area contributed by atoms with E-state index in [1.807, 2.05) is 31.0 Å². The molecule has 1 rings (SSSR count). The van der Waals surface area contributed by atoms with Crippen molar-refractivity contribution in [3.05, 3.63) is 23.3 Å². The molecule has 1 atom stereocenters. The third-order valence-electron chi connectivity index (χ3n) is 3.10. The number of methoxy groups -OCH3 is 2. The minimum atomic E-state index is -0.504. The van der Waals surface area contributed by atoms with E-state index in [4.69, 9.17) is 15.2 Å². The van der Waals surface area contributed by atoms with Crippen molar-refractivity contribution in [3.8, 4) is 11.5 Å². The van der Waals surface area contributed by atoms with Gasteiger partial charge >= 0.3 is 0 Å². The smallest absolute Gasteiger partial charge is 0.129 e. The number of nitrogens with zero attached hydrogens (tertiary/aromatic N) is 1. The number of aliphatic hydroxyl groups is 1. The maximum absolute atomic E-state index is 9.55. The van der Waals surface area contributed by atoms with Gasteiger partial charge in [0.2, 0.25) is 0 Å². The predicted molar refractivity (Wildman–Crippen MR) is 75.7 cm³/mol. The second-order valence-corrected chi connectivity index (χ2v) is 4.67. The fraction of sp³-hybridized carbons (Fsp3) is 0.571. The molecule has 1 aromatic rings. The summed E-state index contributed by atoms with van der Waals surface area (Å²) in [6.45, 7) is 3.45. The van der Waals surface area contributed by atoms with Crippen molar-refractivity contribution in [2.75, 3.05) is 34.4 Å². The maximum atomic E-state index is 9.55. The van der Waals surface area contributed by atoms with Crippen molar-refractivity contribution in [2.24, 2.45) is 5.73 Å². The second-order valence-electron chi connectivity index (χ2n) is 4.67. The zero-order chi connectivity index (χ0) is 14.4. The number of aliphatic hydroxyl groups excluding tert-OH is 1. The van der Waals surface area contributed by atoms with Crippen LogP contribution in [0, 0.1) is 6.92 Å². The van der Waals surface area contributed by atoms with Gasteiger partial charge in [0.05, 0.1) is 20.3 Å². The molecule has 0 saturated carbocycles. The van der Waals surface area contributed by atoms with E-state index in [2.05, 4.69) is 0 Å². The van der Waals surface area contributed by atoms with Gasteiger partial charge in [-0.3, -0.25) is 4.90 Å². The van der Waals surface area contributed by atoms with Gasteiger partial charge in [-0.25, -0.2) is 0 Å². The molecule has 0 aliphatic heterocycles. The minimum Gasteiger partial charge on any atom is -0.496 e. The van der Waals surface area contributed by atoms with E-state index in [9.17, 15) is 5.11 Å². The predicted octanol–water partition coefficient (Wildman–Crippen LogP) is 0.764. The molecule has 5 nitrogen and oxygen atoms in total. The number of ether oxygens (including phenoxy) is 2. The summed E-state index contributed by atoms with van der Waals surface area (Å²) in [6, 6.07) is 3.91. The van der Waals surface area contributed by atoms with Gasteiger partial charge < -0.3 is 20.3 Å². The first-order chi connectivity index (χ1) is 9.03. The first-order valence-electron chi connectivity index (χ1n) is 6.30. The number of likely N-dealkylation sites (N-methyl/N-ethyl adjacent to an activating group) is 1. The molecule has 0 aliphatic carbocycles. The third-order valence-corrected chi connectivity index (χ3v) is 3.10. The summed E-state index contributed by atoms with van der Waals surface area (Å²) in [7, 11) is 5.24. The second kappa shape index (κ2) is 7.33. The molecule has 108 valence electrons. The Bertz CT molecular complexity index is 410. The van der Waals surface area contributed by atoms with Gasteiger partial charge in [0.25, 0.3) is 0 Å². The van der Waals surface area contributed by atoms with E-state index in [0.717, 1.165) is 22.6 Å². The van der Waals surface area contributed by atoms with Crippen LogP contribution in [0.15, 0.2) is 12.1 Å². The van der Waals surface area contributed by atoms with Gasteiger partial charge in [0, 0.05) is 30.8 Å². The van der Waals surface area contributed by atoms with Crippen LogP contribution in [0.1, 0.15) is 11.1 Å². The van der Waals surface area contributed by atoms with Gasteiger partial charge in [-0.2, -0.15) is 0 Å². The zero-order valence-electron chi connectivity index (χ0n) is 12.1. The Morgan fingerprint density at radius 1 is 1.32 bits per heavy atom. The molecular formula is C14H24N2O3. The van der Waals surface area contributed by atoms with Crippen LogP contribution < -0.4 is 15.2 Å². The molecule has 0 amide bonds. The van der Waals surface area contributed by atoms with Crippen molar-refractivity contribution < 1.29 is 14.6 Å². The van der Waals surface area contributed by atoms with Crippen LogP contribution in [-0.2, 0) is 6.54 Å². The van der Waals surface area contributed by atoms with Gasteiger partial charge in [-0.1, -0.05) is 6.07 Å². The summed E-state index contributed by atoms with van der Waals surface area (Å²) >= 11 is 0. The summed E-state index contributed by atoms with van der Waals surface area (Å²) in [4.78, 5) is 2.02. The first kappa shape index (κ1) is 15.8. The molecular weight excluding hydrogens is 244 g/mol. The lowest BCUT2D eigenvalue weighted by molar-refractivity contribution is 0.129. The molecule has 0 heterocycles. The number of hydrogen-bond acceptors (Lipinski definition) is 5. The monoisotopic (exact) mass is 268 g/mol. The number of rotatable bonds is 7. The van der Waals surface area contributed by atoms with Crippen molar-refractivity contribution in [1.29, 1.82) is 0 Å². The van der Waals surface area contributed by atoms with Crippen LogP contribution in [-0.4, -0.2) is 50.5 Å². The van der Waals surface area contributed by atoms with E-state index in [-0.39, 0.29) is 6.54 Å². The highest BCUT2D eigenvalue weighted by Crippen LogP contribution is 2.31. The highest BCUT2D eigenvalue weighted by Gasteiger charge is 2.14. The molecule has 19 heavy (non-hydrogen) atoms. The molecule has 0 radical (unpaired) electrons. The van der Waals surface area contributed by atoms with Gasteiger partial charge in [-0.15, -0.1) is 0 Å². The van der Waals surface area contributed by atoms with Gasteiger partial charge in [-0.05, 0) is 20.0 Å². The minimum absolute atomic E-state index is 0.267. The Labute approximate surface area is 114 Å². The SMILES string of the molecule is COc1ccc(CN(C)CC(O)CN)c(OC)c1C. The van der Waals surface area contributed by atoms with Crippen molar-refractivity contribution in [3.63, 3.8) is 0 Å². The molecule has 5 heteroatoms. The Morgan fingerprint density at radius 3 is 2.53 bits per heavy atom. The van der Waals surface area contributed by atoms with Crippen LogP contribution in [0.2, 0.25) is 0 Å². The average Bonchev–Trinajstić information content (AvgIpc) is 2.39. The van der Waals surface area contributed by atoms with Crippen molar-refractivity contribution >= 4 is 0 Å². The Hall–Kier alpha value is -1.30. The highest BCUT2D eigenvalue weighted by atomic mass is 16.5. The normalized spacial score (nSPS) is 12.6. The lowest BCUT2D eigenvalue weighted by Gasteiger charge is -2.22. The summed E-state index contributed by atoms with van der Waals surface area (Å²) in [6.07, 6.45) is -0.504. The van der Waals surface area contributed by atoms with Crippen LogP contribution in [0.3, 0.4) is 0 Å². The first-order valence-corrected chi connectivity index (χ1v) is 6.30. The summed E-state index contributed by atoms with van der Waals surface area (Å²) < 4.78 is 10.7. The highest BCUT2D eigenvalue weighted by molar-refractivity contribution is 5.49. The number of hydrogen-bond donors (Lipinski definition) is 2. The molecule has 0 bridgehead atoms. The standard InChI is InChI=1S/C14H24N2O3/c1-10-13(18-3)6-5-11(14(10)19-4)8-16(2)9-12(17)7-15/h5-6,12,17H,7-9,15H2,1-4H3. The lowest BCUT2D eigenvalue weighted by atomic mass is 10.1. The van der Waals surface area contributed by atoms with E-state index in [1.165, 1.54) is 0 Å². The largest absolute Gasteiger partial charge is 0.496 e. The molecule has 3 N–H and O–H groups in total. The summed E-state index contributed by atoms with van der Waals surface area (Å²) in [5, 5.41) is 9.55. The number of benzene rings is 1. The average molecular weight is 268 g/mol. The van der Waals surface area contributed by atoms with E-state index < -0.39 is 6.10 Å². The van der Waals surface area contributed by atoms with Crippen LogP contribution in [0.4, 0.5) is 0 Å². The van der Waals surface area contributed by atoms with Crippen LogP contribution in [0.5, 0.6) is 11.5 Å². The molecule has 0 aromatic heterocycles. The Morgan fingerprint density at radius 2 is 2.00 bits per heavy atom. The topological polar surface area (TPSA) is 68.0 Å². The maximum Gasteiger partial charge on any atom is 0.129 e. The molecule has 0 saturated heterocycles. The van der Waals surface area contributed by atoms with Crippen molar-refractivity contribution in [2.45, 2.75) is 19.6 Å². The molecule has 0 aliphatic rings. The molecule has 1 unspecified atom stereocenters. The fourth-order valence-electron chi connectivity index (χ4n) is 2.15. The van der Waals surface area contributed by atoms with E-state index in [0.29, 0.717) is 13.1 Å². The quantitative estimate of drug-likeness (QED) is 0.764. The van der Waals surface area contributed by atoms with E-state index >= 15 is 0 Å². The Kier molecular flexibility index (Phi) is 6.08. The Balaban J connectivity index is 2.86. The molecule has 0 spiro atoms. The molecule has 0 fully saturated rings. The molecule has 1 aromatic carbocycles. The summed E-state index contributed by atoms with van der Waals surface area (Å²) in [5.41, 5.74) is 7.46. The van der Waals surface area contributed by atoms with Gasteiger partial charge in [0.15, 0.2) is 0 Å². The fourth-order valence-corrected chi connectivity index (χ4v) is 2.15. The lowest BCUT2D eigenvalue weighted by Crippen LogP contribution is -2.33. The van der Waals surface area contributed by atoms with E-state index in [1.54, 1.807) is 14.2 Å². The van der Waals surface area contributed by atoms with Gasteiger partial charge in [0.1, 0.15) is 11.5 Å². The third kappa shape index (κ3) is 4.09. The summed E-state index contributed by atoms with van der Waals surface area (Å²) in [5.74, 6) is 1.64. The van der Waals surface area contributed by atoms with Crippen LogP contribution >= 0.6 is 0 Å². The van der Waals surface area contributed by atoms with Crippen molar-refractivity contribution in [1.82, 2.24) is 4.90 Å².